The van der Waals surface area contributed by atoms with E-state index in [1.54, 1.807) is 0 Å². The first-order chi connectivity index (χ1) is 4.88. The molecule has 0 spiro atoms. The fraction of sp³-hybridized carbons (Fsp3) is 0. The molecule has 0 bridgehead atoms. The van der Waals surface area contributed by atoms with Crippen molar-refractivity contribution in [3.05, 3.63) is 23.2 Å². The number of hydrogen-bond acceptors (Lipinski definition) is 3. The van der Waals surface area contributed by atoms with Gasteiger partial charge in [0, 0.05) is 0 Å². The summed E-state index contributed by atoms with van der Waals surface area (Å²) in [7, 11) is 0. The second kappa shape index (κ2) is 2.18. The minimum atomic E-state index is 0.729. The van der Waals surface area contributed by atoms with Crippen molar-refractivity contribution >= 4 is 33.4 Å². The molecule has 50 valence electrons. The molecule has 0 unspecified atom stereocenters. The molecule has 2 aromatic rings. The third kappa shape index (κ3) is 0.786. The van der Waals surface area contributed by atoms with Crippen LogP contribution in [0.15, 0.2) is 18.2 Å². The van der Waals surface area contributed by atoms with Crippen molar-refractivity contribution in [3.63, 3.8) is 0 Å². The van der Waals surface area contributed by atoms with Gasteiger partial charge in [0.1, 0.15) is 5.52 Å². The van der Waals surface area contributed by atoms with Gasteiger partial charge in [-0.05, 0) is 23.7 Å². The highest BCUT2D eigenvalue weighted by molar-refractivity contribution is 7.13. The predicted molar refractivity (Wildman–Crippen MR) is 42.4 cm³/mol. The molecule has 0 atom stereocenters. The predicted octanol–water partition coefficient (Wildman–Crippen LogP) is 2.34. The van der Waals surface area contributed by atoms with Crippen LogP contribution < -0.4 is 0 Å². The number of halogens is 1. The van der Waals surface area contributed by atoms with Crippen molar-refractivity contribution in [1.82, 2.24) is 9.59 Å². The molecule has 2 rings (SSSR count). The smallest absolute Gasteiger partial charge is 0.107 e. The van der Waals surface area contributed by atoms with Crippen LogP contribution in [0.5, 0.6) is 0 Å². The summed E-state index contributed by atoms with van der Waals surface area (Å²) < 4.78 is 4.73. The van der Waals surface area contributed by atoms with Gasteiger partial charge in [-0.2, -0.15) is 0 Å². The summed E-state index contributed by atoms with van der Waals surface area (Å²) >= 11 is 7.15. The van der Waals surface area contributed by atoms with E-state index in [0.717, 1.165) is 15.2 Å². The molecule has 1 aromatic heterocycles. The summed E-state index contributed by atoms with van der Waals surface area (Å²) in [5.41, 5.74) is 0.873. The van der Waals surface area contributed by atoms with Crippen molar-refractivity contribution in [2.24, 2.45) is 0 Å². The second-order valence-corrected chi connectivity index (χ2v) is 3.02. The number of aromatic nitrogens is 2. The SMILES string of the molecule is Clc1cccc2nnsc12. The summed E-state index contributed by atoms with van der Waals surface area (Å²) in [6.45, 7) is 0. The fourth-order valence-corrected chi connectivity index (χ4v) is 1.61. The van der Waals surface area contributed by atoms with Gasteiger partial charge in [-0.1, -0.05) is 22.2 Å². The third-order valence-electron chi connectivity index (χ3n) is 1.23. The molecule has 0 radical (unpaired) electrons. The maximum atomic E-state index is 5.83. The molecule has 0 saturated heterocycles. The van der Waals surface area contributed by atoms with E-state index < -0.39 is 0 Å². The molecule has 0 N–H and O–H groups in total. The van der Waals surface area contributed by atoms with E-state index in [4.69, 9.17) is 11.6 Å². The first kappa shape index (κ1) is 6.07. The minimum Gasteiger partial charge on any atom is -0.138 e. The zero-order valence-corrected chi connectivity index (χ0v) is 6.49. The van der Waals surface area contributed by atoms with Gasteiger partial charge >= 0.3 is 0 Å². The van der Waals surface area contributed by atoms with Gasteiger partial charge in [-0.25, -0.2) is 0 Å². The maximum absolute atomic E-state index is 5.83. The Bertz CT molecular complexity index is 357. The van der Waals surface area contributed by atoms with E-state index in [2.05, 4.69) is 9.59 Å². The van der Waals surface area contributed by atoms with E-state index >= 15 is 0 Å². The largest absolute Gasteiger partial charge is 0.138 e. The van der Waals surface area contributed by atoms with Crippen LogP contribution in [0.4, 0.5) is 0 Å². The van der Waals surface area contributed by atoms with Gasteiger partial charge in [-0.15, -0.1) is 5.10 Å². The Morgan fingerprint density at radius 2 is 2.30 bits per heavy atom. The van der Waals surface area contributed by atoms with E-state index in [-0.39, 0.29) is 0 Å². The number of benzene rings is 1. The third-order valence-corrected chi connectivity index (χ3v) is 2.43. The molecule has 1 aromatic carbocycles. The van der Waals surface area contributed by atoms with Crippen molar-refractivity contribution in [2.75, 3.05) is 0 Å². The molecule has 0 fully saturated rings. The Labute approximate surface area is 66.6 Å². The van der Waals surface area contributed by atoms with Crippen molar-refractivity contribution in [3.8, 4) is 0 Å². The molecule has 0 saturated carbocycles. The van der Waals surface area contributed by atoms with Crippen LogP contribution in [0.2, 0.25) is 5.02 Å². The maximum Gasteiger partial charge on any atom is 0.107 e. The Balaban J connectivity index is 2.95. The highest BCUT2D eigenvalue weighted by Crippen LogP contribution is 2.23. The number of nitrogens with zero attached hydrogens (tertiary/aromatic N) is 2. The van der Waals surface area contributed by atoms with Gasteiger partial charge in [0.15, 0.2) is 0 Å². The molecular weight excluding hydrogens is 168 g/mol. The molecular formula is C6H3ClN2S. The first-order valence-electron chi connectivity index (χ1n) is 2.74. The van der Waals surface area contributed by atoms with Gasteiger partial charge in [0.2, 0.25) is 0 Å². The second-order valence-electron chi connectivity index (χ2n) is 1.86. The lowest BCUT2D eigenvalue weighted by molar-refractivity contribution is 1.20. The zero-order valence-electron chi connectivity index (χ0n) is 4.91. The summed E-state index contributed by atoms with van der Waals surface area (Å²) in [6.07, 6.45) is 0. The molecule has 2 nitrogen and oxygen atoms in total. The van der Waals surface area contributed by atoms with Crippen LogP contribution in [0.25, 0.3) is 10.2 Å². The molecule has 4 heteroatoms. The summed E-state index contributed by atoms with van der Waals surface area (Å²) in [6, 6.07) is 5.60. The number of fused-ring (bicyclic) bond motifs is 1. The molecule has 0 aliphatic carbocycles. The normalized spacial score (nSPS) is 10.5. The lowest BCUT2D eigenvalue weighted by Gasteiger charge is -1.86. The van der Waals surface area contributed by atoms with Crippen molar-refractivity contribution in [2.45, 2.75) is 0 Å². The average Bonchev–Trinajstić information content (AvgIpc) is 2.36. The van der Waals surface area contributed by atoms with Crippen molar-refractivity contribution < 1.29 is 0 Å². The number of rotatable bonds is 0. The van der Waals surface area contributed by atoms with E-state index in [1.165, 1.54) is 11.5 Å². The Hall–Kier alpha value is -0.670. The Morgan fingerprint density at radius 1 is 1.40 bits per heavy atom. The first-order valence-corrected chi connectivity index (χ1v) is 3.89. The quantitative estimate of drug-likeness (QED) is 0.607. The zero-order chi connectivity index (χ0) is 6.97. The number of hydrogen-bond donors (Lipinski definition) is 0. The minimum absolute atomic E-state index is 0.729. The molecule has 10 heavy (non-hydrogen) atoms. The van der Waals surface area contributed by atoms with Crippen molar-refractivity contribution in [1.29, 1.82) is 0 Å². The van der Waals surface area contributed by atoms with Gasteiger partial charge in [0.25, 0.3) is 0 Å². The van der Waals surface area contributed by atoms with Gasteiger partial charge in [-0.3, -0.25) is 0 Å². The van der Waals surface area contributed by atoms with Gasteiger partial charge < -0.3 is 0 Å². The van der Waals surface area contributed by atoms with Crippen LogP contribution >= 0.6 is 23.1 Å². The van der Waals surface area contributed by atoms with Crippen LogP contribution in [-0.4, -0.2) is 9.59 Å². The van der Waals surface area contributed by atoms with Crippen LogP contribution in [0.1, 0.15) is 0 Å². The lowest BCUT2D eigenvalue weighted by atomic mass is 10.3. The fourth-order valence-electron chi connectivity index (χ4n) is 0.772. The Morgan fingerprint density at radius 3 is 3.10 bits per heavy atom. The molecule has 1 heterocycles. The highest BCUT2D eigenvalue weighted by atomic mass is 35.5. The Kier molecular flexibility index (Phi) is 1.32. The lowest BCUT2D eigenvalue weighted by Crippen LogP contribution is -1.66. The summed E-state index contributed by atoms with van der Waals surface area (Å²) in [4.78, 5) is 0. The molecule has 0 amide bonds. The monoisotopic (exact) mass is 170 g/mol. The van der Waals surface area contributed by atoms with Crippen LogP contribution in [0, 0.1) is 0 Å². The van der Waals surface area contributed by atoms with E-state index in [9.17, 15) is 0 Å². The summed E-state index contributed by atoms with van der Waals surface area (Å²) in [5, 5.41) is 4.59. The highest BCUT2D eigenvalue weighted by Gasteiger charge is 1.99. The summed E-state index contributed by atoms with van der Waals surface area (Å²) in [5.74, 6) is 0. The molecule has 0 aliphatic rings. The van der Waals surface area contributed by atoms with E-state index in [0.29, 0.717) is 0 Å². The van der Waals surface area contributed by atoms with Crippen LogP contribution in [0.3, 0.4) is 0 Å². The van der Waals surface area contributed by atoms with Gasteiger partial charge in [0.05, 0.1) is 9.72 Å². The van der Waals surface area contributed by atoms with Crippen LogP contribution in [-0.2, 0) is 0 Å². The average molecular weight is 171 g/mol. The standard InChI is InChI=1S/C6H3ClN2S/c7-4-2-1-3-5-6(4)10-9-8-5/h1-3H. The topological polar surface area (TPSA) is 25.8 Å². The van der Waals surface area contributed by atoms with E-state index in [1.807, 2.05) is 18.2 Å². The molecule has 0 aliphatic heterocycles.